The van der Waals surface area contributed by atoms with Crippen molar-refractivity contribution in [1.29, 1.82) is 0 Å². The Kier molecular flexibility index (Phi) is 3.99. The zero-order chi connectivity index (χ0) is 14.0. The number of hydrogen-bond donors (Lipinski definition) is 0. The molecule has 0 amide bonds. The van der Waals surface area contributed by atoms with Gasteiger partial charge < -0.3 is 4.74 Å². The molecule has 19 heavy (non-hydrogen) atoms. The SMILES string of the molecule is O=C(C1=CCCCO1)c1ccc(Br)c(C(F)(F)F)c1. The number of carbonyl (C=O) groups excluding carboxylic acids is 1. The van der Waals surface area contributed by atoms with Gasteiger partial charge in [0.15, 0.2) is 5.76 Å². The molecule has 0 fully saturated rings. The van der Waals surface area contributed by atoms with Crippen molar-refractivity contribution in [2.75, 3.05) is 6.61 Å². The molecule has 0 saturated heterocycles. The highest BCUT2D eigenvalue weighted by molar-refractivity contribution is 9.10. The molecule has 0 atom stereocenters. The van der Waals surface area contributed by atoms with Crippen LogP contribution in [0.5, 0.6) is 0 Å². The van der Waals surface area contributed by atoms with E-state index < -0.39 is 17.5 Å². The molecule has 0 unspecified atom stereocenters. The van der Waals surface area contributed by atoms with Gasteiger partial charge in [0.25, 0.3) is 0 Å². The minimum atomic E-state index is -4.50. The minimum absolute atomic E-state index is 0.0244. The molecule has 0 bridgehead atoms. The van der Waals surface area contributed by atoms with Crippen LogP contribution in [0.25, 0.3) is 0 Å². The van der Waals surface area contributed by atoms with Gasteiger partial charge in [-0.2, -0.15) is 13.2 Å². The highest BCUT2D eigenvalue weighted by atomic mass is 79.9. The third-order valence-electron chi connectivity index (χ3n) is 2.69. The van der Waals surface area contributed by atoms with Crippen LogP contribution in [-0.2, 0) is 10.9 Å². The maximum Gasteiger partial charge on any atom is 0.417 e. The summed E-state index contributed by atoms with van der Waals surface area (Å²) in [5.74, 6) is -0.389. The first kappa shape index (κ1) is 14.1. The maximum absolute atomic E-state index is 12.7. The van der Waals surface area contributed by atoms with Crippen LogP contribution in [-0.4, -0.2) is 12.4 Å². The Morgan fingerprint density at radius 1 is 1.32 bits per heavy atom. The topological polar surface area (TPSA) is 26.3 Å². The zero-order valence-electron chi connectivity index (χ0n) is 9.76. The normalized spacial score (nSPS) is 15.7. The fourth-order valence-corrected chi connectivity index (χ4v) is 2.21. The van der Waals surface area contributed by atoms with Gasteiger partial charge in [-0.3, -0.25) is 4.79 Å². The van der Waals surface area contributed by atoms with Crippen LogP contribution in [0.1, 0.15) is 28.8 Å². The molecule has 0 aromatic heterocycles. The summed E-state index contributed by atoms with van der Waals surface area (Å²) in [6, 6.07) is 3.41. The second kappa shape index (κ2) is 5.36. The van der Waals surface area contributed by atoms with Crippen molar-refractivity contribution < 1.29 is 22.7 Å². The lowest BCUT2D eigenvalue weighted by Crippen LogP contribution is -2.13. The van der Waals surface area contributed by atoms with Gasteiger partial charge >= 0.3 is 6.18 Å². The molecule has 1 aromatic carbocycles. The Balaban J connectivity index is 2.36. The molecule has 0 aliphatic carbocycles. The van der Waals surface area contributed by atoms with E-state index in [1.807, 2.05) is 0 Å². The van der Waals surface area contributed by atoms with E-state index in [4.69, 9.17) is 4.74 Å². The van der Waals surface area contributed by atoms with Gasteiger partial charge in [0, 0.05) is 10.0 Å². The van der Waals surface area contributed by atoms with E-state index in [1.54, 1.807) is 6.08 Å². The summed E-state index contributed by atoms with van der Waals surface area (Å²) >= 11 is 2.83. The van der Waals surface area contributed by atoms with Crippen LogP contribution in [0, 0.1) is 0 Å². The quantitative estimate of drug-likeness (QED) is 0.752. The number of hydrogen-bond acceptors (Lipinski definition) is 2. The number of alkyl halides is 3. The average Bonchev–Trinajstić information content (AvgIpc) is 2.38. The van der Waals surface area contributed by atoms with Gasteiger partial charge in [-0.1, -0.05) is 15.9 Å². The molecule has 2 nitrogen and oxygen atoms in total. The number of ether oxygens (including phenoxy) is 1. The number of benzene rings is 1. The summed E-state index contributed by atoms with van der Waals surface area (Å²) in [6.45, 7) is 0.417. The molecule has 0 N–H and O–H groups in total. The Bertz CT molecular complexity index is 535. The van der Waals surface area contributed by atoms with E-state index in [2.05, 4.69) is 15.9 Å². The number of ketones is 1. The Morgan fingerprint density at radius 3 is 2.63 bits per heavy atom. The van der Waals surface area contributed by atoms with Crippen LogP contribution in [0.2, 0.25) is 0 Å². The number of rotatable bonds is 2. The van der Waals surface area contributed by atoms with E-state index in [-0.39, 0.29) is 15.8 Å². The van der Waals surface area contributed by atoms with Gasteiger partial charge in [0.1, 0.15) is 0 Å². The number of Topliss-reactive ketones (excluding diaryl/α,β-unsaturated/α-hetero) is 1. The van der Waals surface area contributed by atoms with Crippen LogP contribution in [0.3, 0.4) is 0 Å². The van der Waals surface area contributed by atoms with Crippen molar-refractivity contribution in [3.8, 4) is 0 Å². The number of halogens is 4. The van der Waals surface area contributed by atoms with Crippen LogP contribution >= 0.6 is 15.9 Å². The van der Waals surface area contributed by atoms with Crippen molar-refractivity contribution in [2.45, 2.75) is 19.0 Å². The summed E-state index contributed by atoms with van der Waals surface area (Å²) in [5.41, 5.74) is -0.890. The lowest BCUT2D eigenvalue weighted by atomic mass is 10.0. The van der Waals surface area contributed by atoms with E-state index in [9.17, 15) is 18.0 Å². The Morgan fingerprint density at radius 2 is 2.05 bits per heavy atom. The van der Waals surface area contributed by atoms with Crippen molar-refractivity contribution in [3.05, 3.63) is 45.6 Å². The monoisotopic (exact) mass is 334 g/mol. The first-order valence-corrected chi connectivity index (χ1v) is 6.43. The molecule has 102 valence electrons. The molecular weight excluding hydrogens is 325 g/mol. The van der Waals surface area contributed by atoms with Gasteiger partial charge in [0.05, 0.1) is 12.2 Å². The highest BCUT2D eigenvalue weighted by Crippen LogP contribution is 2.35. The van der Waals surface area contributed by atoms with Crippen molar-refractivity contribution in [3.63, 3.8) is 0 Å². The molecule has 2 rings (SSSR count). The summed E-state index contributed by atoms with van der Waals surface area (Å²) in [4.78, 5) is 12.0. The third-order valence-corrected chi connectivity index (χ3v) is 3.39. The third kappa shape index (κ3) is 3.18. The molecular formula is C13H10BrF3O2. The second-order valence-corrected chi connectivity index (χ2v) is 4.93. The van der Waals surface area contributed by atoms with Crippen LogP contribution < -0.4 is 0 Å². The Hall–Kier alpha value is -1.30. The Labute approximate surface area is 116 Å². The first-order valence-electron chi connectivity index (χ1n) is 5.64. The largest absolute Gasteiger partial charge is 0.490 e. The molecule has 0 saturated carbocycles. The van der Waals surface area contributed by atoms with E-state index in [0.29, 0.717) is 13.0 Å². The predicted molar refractivity (Wildman–Crippen MR) is 66.7 cm³/mol. The first-order chi connectivity index (χ1) is 8.89. The summed E-state index contributed by atoms with van der Waals surface area (Å²) in [5, 5.41) is 0. The molecule has 0 spiro atoms. The fourth-order valence-electron chi connectivity index (χ4n) is 1.74. The maximum atomic E-state index is 12.7. The average molecular weight is 335 g/mol. The summed E-state index contributed by atoms with van der Waals surface area (Å²) < 4.78 is 43.3. The van der Waals surface area contributed by atoms with Crippen molar-refractivity contribution in [2.24, 2.45) is 0 Å². The number of allylic oxidation sites excluding steroid dienone is 2. The van der Waals surface area contributed by atoms with Crippen LogP contribution in [0.4, 0.5) is 13.2 Å². The van der Waals surface area contributed by atoms with Crippen molar-refractivity contribution in [1.82, 2.24) is 0 Å². The molecule has 6 heteroatoms. The molecule has 1 aliphatic rings. The molecule has 1 aliphatic heterocycles. The smallest absolute Gasteiger partial charge is 0.417 e. The predicted octanol–water partition coefficient (Wildman–Crippen LogP) is 4.34. The number of carbonyl (C=O) groups is 1. The van der Waals surface area contributed by atoms with Gasteiger partial charge in [-0.25, -0.2) is 0 Å². The highest BCUT2D eigenvalue weighted by Gasteiger charge is 2.34. The zero-order valence-corrected chi connectivity index (χ0v) is 11.3. The van der Waals surface area contributed by atoms with E-state index in [1.165, 1.54) is 12.1 Å². The molecule has 1 aromatic rings. The summed E-state index contributed by atoms with van der Waals surface area (Å²) in [7, 11) is 0. The standard InChI is InChI=1S/C13H10BrF3O2/c14-10-5-4-8(7-9(10)13(15,16)17)12(18)11-3-1-2-6-19-11/h3-5,7H,1-2,6H2. The molecule has 1 heterocycles. The van der Waals surface area contributed by atoms with Gasteiger partial charge in [-0.15, -0.1) is 0 Å². The van der Waals surface area contributed by atoms with E-state index in [0.717, 1.165) is 12.5 Å². The summed E-state index contributed by atoms with van der Waals surface area (Å²) in [6.07, 6.45) is -1.38. The lowest BCUT2D eigenvalue weighted by Gasteiger charge is -2.15. The van der Waals surface area contributed by atoms with Crippen LogP contribution in [0.15, 0.2) is 34.5 Å². The van der Waals surface area contributed by atoms with Gasteiger partial charge in [0.2, 0.25) is 5.78 Å². The fraction of sp³-hybridized carbons (Fsp3) is 0.308. The molecule has 0 radical (unpaired) electrons. The van der Waals surface area contributed by atoms with E-state index >= 15 is 0 Å². The van der Waals surface area contributed by atoms with Gasteiger partial charge in [-0.05, 0) is 37.1 Å². The van der Waals surface area contributed by atoms with Crippen molar-refractivity contribution >= 4 is 21.7 Å². The second-order valence-electron chi connectivity index (χ2n) is 4.08. The minimum Gasteiger partial charge on any atom is -0.490 e. The lowest BCUT2D eigenvalue weighted by molar-refractivity contribution is -0.138.